The van der Waals surface area contributed by atoms with Gasteiger partial charge in [-0.25, -0.2) is 0 Å². The fourth-order valence-electron chi connectivity index (χ4n) is 10.6. The van der Waals surface area contributed by atoms with E-state index in [1.165, 1.54) is 60.2 Å². The maximum atomic E-state index is 6.73. The summed E-state index contributed by atoms with van der Waals surface area (Å²) >= 11 is 3.93. The van der Waals surface area contributed by atoms with Crippen LogP contribution in [-0.2, 0) is 0 Å². The highest BCUT2D eigenvalue weighted by Gasteiger charge is 2.20. The Labute approximate surface area is 393 Å². The molecule has 0 atom stereocenters. The summed E-state index contributed by atoms with van der Waals surface area (Å²) in [5.74, 6) is 0. The van der Waals surface area contributed by atoms with E-state index in [1.54, 1.807) is 0 Å². The average Bonchev–Trinajstić information content (AvgIpc) is 4.15. The zero-order valence-electron chi connectivity index (χ0n) is 36.1. The number of fused-ring (bicyclic) bond motifs is 10. The summed E-state index contributed by atoms with van der Waals surface area (Å²) < 4.78 is 14.8. The molecule has 0 spiro atoms. The van der Waals surface area contributed by atoms with Gasteiger partial charge >= 0.3 is 0 Å². The number of benzene rings is 10. The van der Waals surface area contributed by atoms with E-state index in [4.69, 9.17) is 4.42 Å². The van der Waals surface area contributed by atoms with E-state index >= 15 is 0 Å². The summed E-state index contributed by atoms with van der Waals surface area (Å²) in [5.41, 5.74) is 17.9. The molecule has 14 aromatic rings. The Bertz CT molecular complexity index is 4280. The van der Waals surface area contributed by atoms with Crippen molar-refractivity contribution in [2.24, 2.45) is 0 Å². The zero-order chi connectivity index (χ0) is 44.2. The van der Waals surface area contributed by atoms with Crippen molar-refractivity contribution in [3.8, 4) is 50.4 Å². The first-order valence-electron chi connectivity index (χ1n) is 22.7. The highest BCUT2D eigenvalue weighted by molar-refractivity contribution is 9.10. The Hall–Kier alpha value is -8.38. The molecule has 10 aromatic carbocycles. The van der Waals surface area contributed by atoms with Gasteiger partial charge in [-0.2, -0.15) is 0 Å². The molecule has 4 heterocycles. The van der Waals surface area contributed by atoms with Crippen molar-refractivity contribution >= 4 is 92.4 Å². The number of hydrogen-bond donors (Lipinski definition) is 0. The quantitative estimate of drug-likeness (QED) is 0.163. The molecule has 0 saturated carbocycles. The van der Waals surface area contributed by atoms with Crippen LogP contribution < -0.4 is 0 Å². The largest absolute Gasteiger partial charge is 0.454 e. The Kier molecular flexibility index (Phi) is 8.40. The molecule has 0 saturated heterocycles. The fraction of sp³-hybridized carbons (Fsp3) is 0. The standard InChI is InChI=1S/C62H38BrN3O/c63-46-33-44(41-22-26-58-52(36-41)49-16-7-9-19-56(49)65(58)48-25-28-55-43(35-48)30-31-64(55)47-14-5-2-6-15-47)32-45(34-46)42-23-27-59-53(37-42)50-17-8-10-20-57(50)66(59)60-21-11-18-51-54-38-40(39-12-3-1-4-13-39)24-29-61(54)67-62(51)60/h1-38H. The molecule has 0 N–H and O–H groups in total. The van der Waals surface area contributed by atoms with E-state index in [9.17, 15) is 0 Å². The van der Waals surface area contributed by atoms with Crippen molar-refractivity contribution in [1.82, 2.24) is 13.7 Å². The summed E-state index contributed by atoms with van der Waals surface area (Å²) in [6, 6.07) is 81.2. The van der Waals surface area contributed by atoms with Crippen LogP contribution in [0.1, 0.15) is 0 Å². The zero-order valence-corrected chi connectivity index (χ0v) is 37.7. The Morgan fingerprint density at radius 3 is 1.63 bits per heavy atom. The summed E-state index contributed by atoms with van der Waals surface area (Å²) in [6.07, 6.45) is 2.16. The van der Waals surface area contributed by atoms with Gasteiger partial charge in [0.2, 0.25) is 0 Å². The van der Waals surface area contributed by atoms with Crippen LogP contribution in [-0.4, -0.2) is 13.7 Å². The third-order valence-electron chi connectivity index (χ3n) is 13.7. The second-order valence-corrected chi connectivity index (χ2v) is 18.4. The molecule has 0 aliphatic rings. The number of halogens is 1. The average molecular weight is 921 g/mol. The van der Waals surface area contributed by atoms with Crippen molar-refractivity contribution in [3.05, 3.63) is 235 Å². The van der Waals surface area contributed by atoms with Gasteiger partial charge in [0.05, 0.1) is 33.3 Å². The SMILES string of the molecule is Brc1cc(-c2ccc3c(c2)c2ccccc2n3-c2ccc3c(ccn3-c3ccccc3)c2)cc(-c2ccc3c(c2)c2ccccc2n3-c2cccc3c2oc2ccc(-c4ccccc4)cc23)c1. The number of para-hydroxylation sites is 4. The molecular weight excluding hydrogens is 883 g/mol. The lowest BCUT2D eigenvalue weighted by Crippen LogP contribution is -1.95. The fourth-order valence-corrected chi connectivity index (χ4v) is 11.1. The monoisotopic (exact) mass is 919 g/mol. The lowest BCUT2D eigenvalue weighted by molar-refractivity contribution is 0.666. The van der Waals surface area contributed by atoms with Crippen molar-refractivity contribution in [3.63, 3.8) is 0 Å². The maximum Gasteiger partial charge on any atom is 0.159 e. The highest BCUT2D eigenvalue weighted by atomic mass is 79.9. The van der Waals surface area contributed by atoms with Gasteiger partial charge in [0.25, 0.3) is 0 Å². The summed E-state index contributed by atoms with van der Waals surface area (Å²) in [5, 5.41) is 8.27. The predicted octanol–water partition coefficient (Wildman–Crippen LogP) is 17.5. The number of hydrogen-bond acceptors (Lipinski definition) is 1. The molecule has 14 rings (SSSR count). The highest BCUT2D eigenvalue weighted by Crippen LogP contribution is 2.42. The van der Waals surface area contributed by atoms with Gasteiger partial charge in [-0.15, -0.1) is 0 Å². The molecule has 5 heteroatoms. The summed E-state index contributed by atoms with van der Waals surface area (Å²) in [7, 11) is 0. The minimum atomic E-state index is 0.880. The van der Waals surface area contributed by atoms with Crippen LogP contribution >= 0.6 is 15.9 Å². The van der Waals surface area contributed by atoms with Crippen LogP contribution in [0, 0.1) is 0 Å². The minimum Gasteiger partial charge on any atom is -0.454 e. The second-order valence-electron chi connectivity index (χ2n) is 17.5. The van der Waals surface area contributed by atoms with Gasteiger partial charge in [-0.1, -0.05) is 131 Å². The van der Waals surface area contributed by atoms with Gasteiger partial charge in [0, 0.05) is 59.7 Å². The van der Waals surface area contributed by atoms with E-state index < -0.39 is 0 Å². The Morgan fingerprint density at radius 1 is 0.328 bits per heavy atom. The third-order valence-corrected chi connectivity index (χ3v) is 14.2. The van der Waals surface area contributed by atoms with Crippen LogP contribution in [0.15, 0.2) is 240 Å². The van der Waals surface area contributed by atoms with Crippen molar-refractivity contribution in [2.75, 3.05) is 0 Å². The Balaban J connectivity index is 0.865. The van der Waals surface area contributed by atoms with Gasteiger partial charge in [-0.05, 0) is 143 Å². The summed E-state index contributed by atoms with van der Waals surface area (Å²) in [6.45, 7) is 0. The molecule has 4 aromatic heterocycles. The normalized spacial score (nSPS) is 12.0. The smallest absolute Gasteiger partial charge is 0.159 e. The molecule has 0 bridgehead atoms. The van der Waals surface area contributed by atoms with Gasteiger partial charge < -0.3 is 18.1 Å². The van der Waals surface area contributed by atoms with E-state index in [1.807, 2.05) is 0 Å². The van der Waals surface area contributed by atoms with Gasteiger partial charge in [-0.3, -0.25) is 0 Å². The van der Waals surface area contributed by atoms with E-state index in [0.717, 1.165) is 71.2 Å². The molecular formula is C62H38BrN3O. The number of rotatable bonds is 6. The van der Waals surface area contributed by atoms with E-state index in [2.05, 4.69) is 260 Å². The Morgan fingerprint density at radius 2 is 0.896 bits per heavy atom. The first-order valence-corrected chi connectivity index (χ1v) is 23.5. The van der Waals surface area contributed by atoms with Crippen molar-refractivity contribution in [1.29, 1.82) is 0 Å². The molecule has 0 radical (unpaired) electrons. The van der Waals surface area contributed by atoms with E-state index in [0.29, 0.717) is 0 Å². The van der Waals surface area contributed by atoms with Crippen molar-refractivity contribution < 1.29 is 4.42 Å². The predicted molar refractivity (Wildman–Crippen MR) is 283 cm³/mol. The first kappa shape index (κ1) is 37.9. The van der Waals surface area contributed by atoms with Crippen LogP contribution in [0.2, 0.25) is 0 Å². The summed E-state index contributed by atoms with van der Waals surface area (Å²) in [4.78, 5) is 0. The van der Waals surface area contributed by atoms with Gasteiger partial charge in [0.15, 0.2) is 5.58 Å². The topological polar surface area (TPSA) is 27.9 Å². The van der Waals surface area contributed by atoms with Crippen LogP contribution in [0.5, 0.6) is 0 Å². The lowest BCUT2D eigenvalue weighted by Gasteiger charge is -2.11. The molecule has 0 amide bonds. The van der Waals surface area contributed by atoms with Crippen LogP contribution in [0.3, 0.4) is 0 Å². The molecule has 0 unspecified atom stereocenters. The van der Waals surface area contributed by atoms with Gasteiger partial charge in [0.1, 0.15) is 5.58 Å². The first-order chi connectivity index (χ1) is 33.1. The molecule has 0 aliphatic heterocycles. The second kappa shape index (κ2) is 14.8. The molecule has 314 valence electrons. The van der Waals surface area contributed by atoms with E-state index in [-0.39, 0.29) is 0 Å². The third kappa shape index (κ3) is 5.98. The van der Waals surface area contributed by atoms with Crippen LogP contribution in [0.4, 0.5) is 0 Å². The molecule has 0 fully saturated rings. The number of furan rings is 1. The molecule has 67 heavy (non-hydrogen) atoms. The van der Waals surface area contributed by atoms with Crippen molar-refractivity contribution in [2.45, 2.75) is 0 Å². The maximum absolute atomic E-state index is 6.73. The number of nitrogens with zero attached hydrogens (tertiary/aromatic N) is 3. The minimum absolute atomic E-state index is 0.880. The van der Waals surface area contributed by atoms with Crippen LogP contribution in [0.25, 0.3) is 127 Å². The molecule has 4 nitrogen and oxygen atoms in total. The lowest BCUT2D eigenvalue weighted by atomic mass is 9.97. The molecule has 0 aliphatic carbocycles. The number of aromatic nitrogens is 3.